The molecule has 0 radical (unpaired) electrons. The Bertz CT molecular complexity index is 730. The molecular weight excluding hydrogens is 320 g/mol. The van der Waals surface area contributed by atoms with Crippen LogP contribution < -0.4 is 4.90 Å². The van der Waals surface area contributed by atoms with Crippen LogP contribution in [0.1, 0.15) is 17.4 Å². The number of aliphatic hydroxyl groups excluding tert-OH is 1. The van der Waals surface area contributed by atoms with Gasteiger partial charge < -0.3 is 10.0 Å². The molecule has 1 aliphatic heterocycles. The highest BCUT2D eigenvalue weighted by Gasteiger charge is 2.22. The van der Waals surface area contributed by atoms with Crippen molar-refractivity contribution in [3.05, 3.63) is 63.8 Å². The van der Waals surface area contributed by atoms with Gasteiger partial charge in [0.2, 0.25) is 0 Å². The number of β-amino-alcohol motifs (C(OH)–C–C–N with tert-alkyl or cyclic N) is 1. The third kappa shape index (κ3) is 4.12. The Labute approximate surface area is 146 Å². The number of nitrogens with zero attached hydrogens (tertiary/aromatic N) is 4. The van der Waals surface area contributed by atoms with Crippen molar-refractivity contribution in [1.82, 2.24) is 9.88 Å². The van der Waals surface area contributed by atoms with E-state index in [0.29, 0.717) is 12.2 Å². The zero-order valence-electron chi connectivity index (χ0n) is 14.2. The molecule has 2 aromatic rings. The summed E-state index contributed by atoms with van der Waals surface area (Å²) in [7, 11) is 0. The minimum absolute atomic E-state index is 0.0494. The van der Waals surface area contributed by atoms with Crippen LogP contribution in [0.15, 0.2) is 42.5 Å². The summed E-state index contributed by atoms with van der Waals surface area (Å²) < 4.78 is 0. The third-order valence-corrected chi connectivity index (χ3v) is 4.55. The lowest BCUT2D eigenvalue weighted by molar-refractivity contribution is -0.385. The van der Waals surface area contributed by atoms with Gasteiger partial charge in [0.15, 0.2) is 0 Å². The molecule has 1 atom stereocenters. The average molecular weight is 342 g/mol. The number of pyridine rings is 1. The molecule has 1 fully saturated rings. The Morgan fingerprint density at radius 1 is 1.16 bits per heavy atom. The van der Waals surface area contributed by atoms with E-state index < -0.39 is 11.0 Å². The average Bonchev–Trinajstić information content (AvgIpc) is 2.62. The van der Waals surface area contributed by atoms with Gasteiger partial charge in [-0.05, 0) is 18.6 Å². The van der Waals surface area contributed by atoms with Crippen LogP contribution in [0, 0.1) is 17.0 Å². The molecule has 1 aliphatic rings. The number of aliphatic hydroxyl groups is 1. The first-order chi connectivity index (χ1) is 12.0. The van der Waals surface area contributed by atoms with E-state index in [4.69, 9.17) is 0 Å². The number of piperazine rings is 1. The van der Waals surface area contributed by atoms with E-state index in [1.165, 1.54) is 6.07 Å². The molecule has 1 unspecified atom stereocenters. The van der Waals surface area contributed by atoms with Crippen LogP contribution in [0.5, 0.6) is 0 Å². The van der Waals surface area contributed by atoms with Gasteiger partial charge in [-0.1, -0.05) is 30.3 Å². The number of hydrogen-bond donors (Lipinski definition) is 1. The topological polar surface area (TPSA) is 82.7 Å². The van der Waals surface area contributed by atoms with Crippen molar-refractivity contribution in [2.24, 2.45) is 0 Å². The first kappa shape index (κ1) is 17.3. The number of aromatic nitrogens is 1. The predicted molar refractivity (Wildman–Crippen MR) is 95.7 cm³/mol. The molecule has 0 amide bonds. The number of nitro groups is 1. The van der Waals surface area contributed by atoms with Gasteiger partial charge in [-0.15, -0.1) is 0 Å². The fourth-order valence-corrected chi connectivity index (χ4v) is 3.09. The van der Waals surface area contributed by atoms with Gasteiger partial charge in [0.1, 0.15) is 11.5 Å². The van der Waals surface area contributed by atoms with Gasteiger partial charge in [-0.3, -0.25) is 15.0 Å². The molecular formula is C18H22N4O3. The summed E-state index contributed by atoms with van der Waals surface area (Å²) in [4.78, 5) is 19.2. The molecule has 2 heterocycles. The Morgan fingerprint density at radius 3 is 2.44 bits per heavy atom. The van der Waals surface area contributed by atoms with E-state index in [1.54, 1.807) is 13.0 Å². The molecule has 1 N–H and O–H groups in total. The molecule has 7 heteroatoms. The number of rotatable bonds is 5. The van der Waals surface area contributed by atoms with Crippen molar-refractivity contribution in [1.29, 1.82) is 0 Å². The fourth-order valence-electron chi connectivity index (χ4n) is 3.09. The molecule has 1 aromatic carbocycles. The lowest BCUT2D eigenvalue weighted by Gasteiger charge is -2.36. The molecule has 132 valence electrons. The minimum atomic E-state index is -0.493. The summed E-state index contributed by atoms with van der Waals surface area (Å²) in [5, 5.41) is 21.2. The van der Waals surface area contributed by atoms with Crippen LogP contribution >= 0.6 is 0 Å². The molecule has 7 nitrogen and oxygen atoms in total. The van der Waals surface area contributed by atoms with Crippen molar-refractivity contribution in [3.8, 4) is 0 Å². The highest BCUT2D eigenvalue weighted by atomic mass is 16.6. The summed E-state index contributed by atoms with van der Waals surface area (Å²) in [6.07, 6.45) is -0.493. The van der Waals surface area contributed by atoms with E-state index in [0.717, 1.165) is 37.6 Å². The van der Waals surface area contributed by atoms with Gasteiger partial charge in [-0.2, -0.15) is 0 Å². The molecule has 0 aliphatic carbocycles. The van der Waals surface area contributed by atoms with E-state index in [2.05, 4.69) is 14.8 Å². The molecule has 1 saturated heterocycles. The maximum atomic E-state index is 10.9. The second-order valence-electron chi connectivity index (χ2n) is 6.25. The first-order valence-electron chi connectivity index (χ1n) is 8.37. The molecule has 25 heavy (non-hydrogen) atoms. The zero-order chi connectivity index (χ0) is 17.8. The highest BCUT2D eigenvalue weighted by Crippen LogP contribution is 2.22. The number of benzene rings is 1. The summed E-state index contributed by atoms with van der Waals surface area (Å²) >= 11 is 0. The van der Waals surface area contributed by atoms with Gasteiger partial charge in [0.05, 0.1) is 11.0 Å². The Kier molecular flexibility index (Phi) is 5.25. The minimum Gasteiger partial charge on any atom is -0.387 e. The summed E-state index contributed by atoms with van der Waals surface area (Å²) in [6.45, 7) is 5.47. The van der Waals surface area contributed by atoms with Gasteiger partial charge in [-0.25, -0.2) is 4.98 Å². The maximum Gasteiger partial charge on any atom is 0.290 e. The molecule has 0 saturated carbocycles. The predicted octanol–water partition coefficient (Wildman–Crippen LogP) is 2.15. The van der Waals surface area contributed by atoms with Crippen LogP contribution in [0.4, 0.5) is 11.5 Å². The van der Waals surface area contributed by atoms with E-state index >= 15 is 0 Å². The van der Waals surface area contributed by atoms with Crippen LogP contribution in [0.25, 0.3) is 0 Å². The standard InChI is InChI=1S/C18H22N4O3/c1-14-16(22(24)25)7-8-18(19-14)21-11-9-20(10-12-21)13-17(23)15-5-3-2-4-6-15/h2-8,17,23H,9-13H2,1H3. The molecule has 1 aromatic heterocycles. The van der Waals surface area contributed by atoms with E-state index in [1.807, 2.05) is 30.3 Å². The molecule has 0 spiro atoms. The van der Waals surface area contributed by atoms with Crippen LogP contribution in [-0.2, 0) is 0 Å². The normalized spacial score (nSPS) is 16.6. The molecule has 0 bridgehead atoms. The van der Waals surface area contributed by atoms with Gasteiger partial charge in [0.25, 0.3) is 5.69 Å². The van der Waals surface area contributed by atoms with E-state index in [-0.39, 0.29) is 5.69 Å². The van der Waals surface area contributed by atoms with Crippen LogP contribution in [0.3, 0.4) is 0 Å². The van der Waals surface area contributed by atoms with Crippen molar-refractivity contribution in [2.75, 3.05) is 37.6 Å². The highest BCUT2D eigenvalue weighted by molar-refractivity contribution is 5.47. The van der Waals surface area contributed by atoms with Crippen LogP contribution in [0.2, 0.25) is 0 Å². The van der Waals surface area contributed by atoms with Crippen molar-refractivity contribution in [2.45, 2.75) is 13.0 Å². The zero-order valence-corrected chi connectivity index (χ0v) is 14.2. The summed E-state index contributed by atoms with van der Waals surface area (Å²) in [5.74, 6) is 0.770. The van der Waals surface area contributed by atoms with Crippen molar-refractivity contribution < 1.29 is 10.0 Å². The fraction of sp³-hybridized carbons (Fsp3) is 0.389. The number of anilines is 1. The van der Waals surface area contributed by atoms with Gasteiger partial charge >= 0.3 is 0 Å². The first-order valence-corrected chi connectivity index (χ1v) is 8.37. The Morgan fingerprint density at radius 2 is 1.84 bits per heavy atom. The largest absolute Gasteiger partial charge is 0.387 e. The van der Waals surface area contributed by atoms with Crippen molar-refractivity contribution >= 4 is 11.5 Å². The van der Waals surface area contributed by atoms with E-state index in [9.17, 15) is 15.2 Å². The SMILES string of the molecule is Cc1nc(N2CCN(CC(O)c3ccccc3)CC2)ccc1[N+](=O)[O-]. The number of aryl methyl sites for hydroxylation is 1. The number of hydrogen-bond acceptors (Lipinski definition) is 6. The lowest BCUT2D eigenvalue weighted by Crippen LogP contribution is -2.47. The Hall–Kier alpha value is -2.51. The smallest absolute Gasteiger partial charge is 0.290 e. The Balaban J connectivity index is 1.57. The second kappa shape index (κ2) is 7.58. The quantitative estimate of drug-likeness (QED) is 0.662. The summed E-state index contributed by atoms with van der Waals surface area (Å²) in [5.41, 5.74) is 1.41. The lowest BCUT2D eigenvalue weighted by atomic mass is 10.1. The molecule has 3 rings (SSSR count). The second-order valence-corrected chi connectivity index (χ2v) is 6.25. The summed E-state index contributed by atoms with van der Waals surface area (Å²) in [6, 6.07) is 12.9. The monoisotopic (exact) mass is 342 g/mol. The van der Waals surface area contributed by atoms with Crippen LogP contribution in [-0.4, -0.2) is 52.6 Å². The third-order valence-electron chi connectivity index (χ3n) is 4.55. The maximum absolute atomic E-state index is 10.9. The van der Waals surface area contributed by atoms with Gasteiger partial charge in [0, 0.05) is 38.8 Å². The van der Waals surface area contributed by atoms with Crippen molar-refractivity contribution in [3.63, 3.8) is 0 Å².